The van der Waals surface area contributed by atoms with E-state index < -0.39 is 0 Å². The van der Waals surface area contributed by atoms with Gasteiger partial charge in [0.2, 0.25) is 11.8 Å². The Hall–Kier alpha value is -1.93. The van der Waals surface area contributed by atoms with Crippen LogP contribution in [0.15, 0.2) is 30.5 Å². The van der Waals surface area contributed by atoms with Gasteiger partial charge in [0.25, 0.3) is 0 Å². The third kappa shape index (κ3) is 4.70. The lowest BCUT2D eigenvalue weighted by Crippen LogP contribution is -2.61. The number of aromatic amines is 1. The van der Waals surface area contributed by atoms with Gasteiger partial charge in [0, 0.05) is 47.5 Å². The van der Waals surface area contributed by atoms with E-state index in [1.165, 1.54) is 10.9 Å². The highest BCUT2D eigenvalue weighted by atomic mass is 79.9. The molecule has 2 aromatic rings. The highest BCUT2D eigenvalue weighted by molar-refractivity contribution is 9.09. The molecule has 3 N–H and O–H groups in total. The molecule has 1 saturated heterocycles. The van der Waals surface area contributed by atoms with Gasteiger partial charge in [0.05, 0.1) is 5.92 Å². The zero-order valence-corrected chi connectivity index (χ0v) is 19.2. The van der Waals surface area contributed by atoms with Gasteiger partial charge in [-0.3, -0.25) is 14.5 Å². The molecule has 0 radical (unpaired) electrons. The molecule has 0 bridgehead atoms. The van der Waals surface area contributed by atoms with Crippen LogP contribution in [0.4, 0.5) is 0 Å². The highest BCUT2D eigenvalue weighted by Gasteiger charge is 2.42. The fraction of sp³-hybridized carbons (Fsp3) is 0.500. The number of hydrogen-bond acceptors (Lipinski definition) is 3. The first kappa shape index (κ1) is 21.3. The van der Waals surface area contributed by atoms with Gasteiger partial charge < -0.3 is 15.6 Å². The first-order chi connectivity index (χ1) is 14.5. The smallest absolute Gasteiger partial charge is 0.233 e. The van der Waals surface area contributed by atoms with Crippen LogP contribution >= 0.6 is 28.1 Å². The number of nitrogens with one attached hydrogen (secondary N) is 3. The van der Waals surface area contributed by atoms with E-state index in [0.717, 1.165) is 31.2 Å². The number of alkyl halides is 1. The number of H-pyrrole nitrogens is 1. The molecule has 0 spiro atoms. The number of amides is 2. The number of benzene rings is 1. The lowest BCUT2D eigenvalue weighted by molar-refractivity contribution is -0.135. The van der Waals surface area contributed by atoms with Crippen LogP contribution in [-0.4, -0.2) is 50.8 Å². The van der Waals surface area contributed by atoms with E-state index >= 15 is 0 Å². The largest absolute Gasteiger partial charge is 0.361 e. The summed E-state index contributed by atoms with van der Waals surface area (Å²) in [5, 5.41) is 8.03. The lowest BCUT2D eigenvalue weighted by atomic mass is 9.82. The Balaban J connectivity index is 1.20. The van der Waals surface area contributed by atoms with Crippen LogP contribution in [0.1, 0.15) is 37.7 Å². The maximum absolute atomic E-state index is 12.9. The Labute approximate surface area is 190 Å². The van der Waals surface area contributed by atoms with Gasteiger partial charge in [-0.2, -0.15) is 0 Å². The predicted molar refractivity (Wildman–Crippen MR) is 126 cm³/mol. The van der Waals surface area contributed by atoms with Gasteiger partial charge in [-0.1, -0.05) is 34.1 Å². The Morgan fingerprint density at radius 1 is 1.30 bits per heavy atom. The zero-order chi connectivity index (χ0) is 21.1. The number of hydrogen-bond donors (Lipinski definition) is 3. The summed E-state index contributed by atoms with van der Waals surface area (Å²) in [7, 11) is 0. The van der Waals surface area contributed by atoms with Gasteiger partial charge >= 0.3 is 0 Å². The normalized spacial score (nSPS) is 23.9. The summed E-state index contributed by atoms with van der Waals surface area (Å²) in [6.45, 7) is 1.08. The second kappa shape index (κ2) is 9.47. The van der Waals surface area contributed by atoms with Crippen molar-refractivity contribution in [3.8, 4) is 0 Å². The zero-order valence-electron chi connectivity index (χ0n) is 16.8. The van der Waals surface area contributed by atoms with Gasteiger partial charge in [-0.15, -0.1) is 0 Å². The van der Waals surface area contributed by atoms with Gasteiger partial charge in [0.15, 0.2) is 5.11 Å². The number of carbonyl (C=O) groups excluding carboxylic acids is 2. The summed E-state index contributed by atoms with van der Waals surface area (Å²) in [5.41, 5.74) is 2.31. The fourth-order valence-electron chi connectivity index (χ4n) is 4.47. The van der Waals surface area contributed by atoms with Crippen LogP contribution < -0.4 is 10.6 Å². The molecular formula is C22H27BrN4O2S. The minimum absolute atomic E-state index is 0.00856. The molecule has 1 aliphatic heterocycles. The number of rotatable bonds is 7. The van der Waals surface area contributed by atoms with Crippen molar-refractivity contribution in [1.82, 2.24) is 20.5 Å². The molecule has 2 amide bonds. The van der Waals surface area contributed by atoms with Crippen molar-refractivity contribution in [3.63, 3.8) is 0 Å². The maximum Gasteiger partial charge on any atom is 0.233 e. The Bertz CT molecular complexity index is 946. The van der Waals surface area contributed by atoms with Crippen molar-refractivity contribution in [1.29, 1.82) is 0 Å². The standard InChI is InChI=1S/C22H27BrN4O2S/c23-15-7-8-19-17(12-15)21(29)27(22(30)26-19)11-3-6-20(28)24-10-9-14-13-25-18-5-2-1-4-16(14)18/h1-2,4-5,13,15,17,19,25H,3,6-12H2,(H,24,28)(H,26,30). The van der Waals surface area contributed by atoms with Crippen molar-refractivity contribution in [2.75, 3.05) is 13.1 Å². The van der Waals surface area contributed by atoms with E-state index in [2.05, 4.69) is 37.6 Å². The predicted octanol–water partition coefficient (Wildman–Crippen LogP) is 3.26. The molecule has 1 aliphatic carbocycles. The molecule has 160 valence electrons. The summed E-state index contributed by atoms with van der Waals surface area (Å²) in [4.78, 5) is 30.4. The molecule has 2 heterocycles. The second-order valence-electron chi connectivity index (χ2n) is 8.13. The minimum atomic E-state index is -0.0279. The maximum atomic E-state index is 12.9. The Morgan fingerprint density at radius 2 is 2.13 bits per heavy atom. The van der Waals surface area contributed by atoms with E-state index in [1.54, 1.807) is 4.90 Å². The van der Waals surface area contributed by atoms with Gasteiger partial charge in [-0.05, 0) is 56.0 Å². The summed E-state index contributed by atoms with van der Waals surface area (Å²) >= 11 is 9.06. The molecule has 2 aliphatic rings. The van der Waals surface area contributed by atoms with Gasteiger partial charge in [-0.25, -0.2) is 0 Å². The van der Waals surface area contributed by atoms with Crippen molar-refractivity contribution < 1.29 is 9.59 Å². The number of thiocarbonyl (C=S) groups is 1. The molecule has 1 aromatic heterocycles. The van der Waals surface area contributed by atoms with Gasteiger partial charge in [0.1, 0.15) is 0 Å². The van der Waals surface area contributed by atoms with Crippen molar-refractivity contribution in [2.24, 2.45) is 5.92 Å². The van der Waals surface area contributed by atoms with Crippen LogP contribution in [0, 0.1) is 5.92 Å². The average molecular weight is 491 g/mol. The van der Waals surface area contributed by atoms with Crippen molar-refractivity contribution in [3.05, 3.63) is 36.0 Å². The number of para-hydroxylation sites is 1. The third-order valence-electron chi connectivity index (χ3n) is 6.10. The summed E-state index contributed by atoms with van der Waals surface area (Å²) < 4.78 is 0. The molecule has 1 saturated carbocycles. The first-order valence-corrected chi connectivity index (χ1v) is 11.9. The molecule has 1 aromatic carbocycles. The van der Waals surface area contributed by atoms with E-state index in [-0.39, 0.29) is 23.8 Å². The molecule has 4 rings (SSSR count). The molecule has 30 heavy (non-hydrogen) atoms. The number of carbonyl (C=O) groups is 2. The van der Waals surface area contributed by atoms with Crippen molar-refractivity contribution in [2.45, 2.75) is 49.4 Å². The molecular weight excluding hydrogens is 464 g/mol. The fourth-order valence-corrected chi connectivity index (χ4v) is 5.47. The van der Waals surface area contributed by atoms with Crippen LogP contribution in [0.3, 0.4) is 0 Å². The number of halogens is 1. The molecule has 6 nitrogen and oxygen atoms in total. The van der Waals surface area contributed by atoms with Crippen molar-refractivity contribution >= 4 is 56.0 Å². The SMILES string of the molecule is O=C(CCCN1C(=O)C2CC(Br)CCC2NC1=S)NCCc1c[nH]c2ccccc12. The quantitative estimate of drug-likeness (QED) is 0.411. The first-order valence-electron chi connectivity index (χ1n) is 10.6. The van der Waals surface area contributed by atoms with E-state index in [0.29, 0.717) is 35.9 Å². The highest BCUT2D eigenvalue weighted by Crippen LogP contribution is 2.33. The number of fused-ring (bicyclic) bond motifs is 2. The third-order valence-corrected chi connectivity index (χ3v) is 7.27. The van der Waals surface area contributed by atoms with E-state index in [9.17, 15) is 9.59 Å². The lowest BCUT2D eigenvalue weighted by Gasteiger charge is -2.43. The minimum Gasteiger partial charge on any atom is -0.361 e. The molecule has 3 atom stereocenters. The molecule has 3 unspecified atom stereocenters. The topological polar surface area (TPSA) is 77.2 Å². The van der Waals surface area contributed by atoms with E-state index in [1.807, 2.05) is 24.4 Å². The molecule has 2 fully saturated rings. The Kier molecular flexibility index (Phi) is 6.73. The second-order valence-corrected chi connectivity index (χ2v) is 9.81. The molecule has 8 heteroatoms. The van der Waals surface area contributed by atoms with Crippen LogP contribution in [0.25, 0.3) is 10.9 Å². The average Bonchev–Trinajstić information content (AvgIpc) is 3.14. The summed E-state index contributed by atoms with van der Waals surface area (Å²) in [5.74, 6) is 0.0849. The summed E-state index contributed by atoms with van der Waals surface area (Å²) in [6, 6.07) is 8.32. The Morgan fingerprint density at radius 3 is 3.00 bits per heavy atom. The number of nitrogens with zero attached hydrogens (tertiary/aromatic N) is 1. The number of aromatic nitrogens is 1. The van der Waals surface area contributed by atoms with Crippen LogP contribution in [0.5, 0.6) is 0 Å². The van der Waals surface area contributed by atoms with Crippen LogP contribution in [0.2, 0.25) is 0 Å². The van der Waals surface area contributed by atoms with E-state index in [4.69, 9.17) is 12.2 Å². The summed E-state index contributed by atoms with van der Waals surface area (Å²) in [6.07, 6.45) is 6.62. The monoisotopic (exact) mass is 490 g/mol. The van der Waals surface area contributed by atoms with Crippen LogP contribution in [-0.2, 0) is 16.0 Å².